The first-order valence-electron chi connectivity index (χ1n) is 11.8. The Kier molecular flexibility index (Phi) is 8.13. The van der Waals surface area contributed by atoms with Crippen LogP contribution in [0.25, 0.3) is 0 Å². The molecule has 1 saturated carbocycles. The summed E-state index contributed by atoms with van der Waals surface area (Å²) in [6, 6.07) is 4.53. The second kappa shape index (κ2) is 11.3. The van der Waals surface area contributed by atoms with E-state index in [0.29, 0.717) is 31.6 Å². The molecule has 198 valence electrons. The second-order valence-electron chi connectivity index (χ2n) is 9.54. The largest absolute Gasteiger partial charge is 0.474 e. The van der Waals surface area contributed by atoms with Crippen LogP contribution in [0.3, 0.4) is 0 Å². The van der Waals surface area contributed by atoms with E-state index in [1.54, 1.807) is 17.0 Å². The highest BCUT2D eigenvalue weighted by atomic mass is 32.1. The molecule has 2 bridgehead atoms. The zero-order chi connectivity index (χ0) is 26.6. The van der Waals surface area contributed by atoms with Gasteiger partial charge < -0.3 is 24.9 Å². The molecule has 0 spiro atoms. The molecule has 2 N–H and O–H groups in total. The van der Waals surface area contributed by atoms with Crippen molar-refractivity contribution in [2.75, 3.05) is 18.5 Å². The highest BCUT2D eigenvalue weighted by Crippen LogP contribution is 2.41. The average molecular weight is 534 g/mol. The normalized spacial score (nSPS) is 23.1. The fourth-order valence-corrected chi connectivity index (χ4v) is 4.51. The minimum atomic E-state index is -0.750. The Hall–Kier alpha value is -3.45. The molecule has 2 saturated heterocycles. The molecule has 11 nitrogen and oxygen atoms in total. The van der Waals surface area contributed by atoms with Gasteiger partial charge in [0.1, 0.15) is 29.7 Å². The zero-order valence-corrected chi connectivity index (χ0v) is 21.3. The minimum Gasteiger partial charge on any atom is -0.474 e. The van der Waals surface area contributed by atoms with E-state index in [1.165, 1.54) is 12.4 Å². The number of halogens is 1. The van der Waals surface area contributed by atoms with Crippen LogP contribution in [0, 0.1) is 18.2 Å². The monoisotopic (exact) mass is 533 g/mol. The lowest BCUT2D eigenvalue weighted by atomic mass is 9.92. The lowest BCUT2D eigenvalue weighted by Gasteiger charge is -2.47. The number of hydrogen-bond donors (Lipinski definition) is 2. The van der Waals surface area contributed by atoms with E-state index in [2.05, 4.69) is 15.3 Å². The summed E-state index contributed by atoms with van der Waals surface area (Å²) < 4.78 is 48.5. The number of nitrogens with one attached hydrogen (secondary N) is 2. The van der Waals surface area contributed by atoms with E-state index < -0.39 is 17.4 Å². The molecule has 2 unspecified atom stereocenters. The lowest BCUT2D eigenvalue weighted by Crippen LogP contribution is -2.61. The number of carbonyl (C=O) groups excluding carboxylic acids is 1. The van der Waals surface area contributed by atoms with Crippen molar-refractivity contribution in [3.63, 3.8) is 0 Å². The average Bonchev–Trinajstić information content (AvgIpc) is 3.57. The predicted octanol–water partition coefficient (Wildman–Crippen LogP) is 3.29. The summed E-state index contributed by atoms with van der Waals surface area (Å²) in [5.74, 6) is 0.111. The first-order chi connectivity index (χ1) is 17.8. The molecule has 1 aliphatic carbocycles. The van der Waals surface area contributed by atoms with Gasteiger partial charge in [0, 0.05) is 19.1 Å². The third-order valence-corrected chi connectivity index (χ3v) is 6.62. The Morgan fingerprint density at radius 1 is 1.27 bits per heavy atom. The molecular formula is C24H28FN5O6S. The van der Waals surface area contributed by atoms with Crippen molar-refractivity contribution >= 4 is 35.4 Å². The molecule has 5 rings (SSSR count). The fourth-order valence-electron chi connectivity index (χ4n) is 4.51. The number of ether oxygens (including phenoxy) is 3. The smallest absolute Gasteiger partial charge is 0.410 e. The summed E-state index contributed by atoms with van der Waals surface area (Å²) in [6.07, 6.45) is 4.81. The molecule has 0 radical (unpaired) electrons. The third-order valence-electron chi connectivity index (χ3n) is 6.62. The summed E-state index contributed by atoms with van der Waals surface area (Å²) in [4.78, 5) is 23.0. The molecule has 2 aromatic rings. The van der Waals surface area contributed by atoms with Gasteiger partial charge in [-0.3, -0.25) is 4.90 Å². The maximum absolute atomic E-state index is 14.3. The van der Waals surface area contributed by atoms with Crippen LogP contribution in [-0.4, -0.2) is 72.6 Å². The number of aromatic nitrogens is 2. The second-order valence-corrected chi connectivity index (χ2v) is 9.68. The molecular weight excluding hydrogens is 505 g/mol. The van der Waals surface area contributed by atoms with Crippen LogP contribution in [0.1, 0.15) is 43.7 Å². The van der Waals surface area contributed by atoms with Crippen LogP contribution in [0.5, 0.6) is 5.88 Å². The van der Waals surface area contributed by atoms with Crippen molar-refractivity contribution in [1.82, 2.24) is 14.9 Å². The van der Waals surface area contributed by atoms with Gasteiger partial charge in [-0.1, -0.05) is 6.07 Å². The van der Waals surface area contributed by atoms with Crippen LogP contribution in [-0.2, 0) is 21.0 Å². The molecule has 1 aromatic carbocycles. The number of fused-ring (bicyclic) bond motifs is 2. The molecule has 2 atom stereocenters. The maximum atomic E-state index is 14.3. The van der Waals surface area contributed by atoms with E-state index >= 15 is 0 Å². The molecule has 3 aliphatic rings. The van der Waals surface area contributed by atoms with Crippen molar-refractivity contribution in [2.45, 2.75) is 63.3 Å². The van der Waals surface area contributed by atoms with Gasteiger partial charge in [0.05, 0.1) is 36.5 Å². The molecule has 1 aromatic heterocycles. The molecule has 13 heteroatoms. The third kappa shape index (κ3) is 6.28. The van der Waals surface area contributed by atoms with Crippen LogP contribution < -0.4 is 10.1 Å². The first kappa shape index (κ1) is 26.6. The zero-order valence-electron chi connectivity index (χ0n) is 20.4. The highest BCUT2D eigenvalue weighted by molar-refractivity contribution is 7.51. The van der Waals surface area contributed by atoms with E-state index in [1.807, 2.05) is 13.8 Å². The fraction of sp³-hybridized carbons (Fsp3) is 0.500. The van der Waals surface area contributed by atoms with Crippen LogP contribution in [0.4, 0.5) is 20.7 Å². The number of rotatable bonds is 6. The molecule has 37 heavy (non-hydrogen) atoms. The number of nitrogens with zero attached hydrogens (tertiary/aromatic N) is 3. The van der Waals surface area contributed by atoms with Crippen molar-refractivity contribution in [3.8, 4) is 5.88 Å². The number of carbonyl (C=O) groups is 1. The summed E-state index contributed by atoms with van der Waals surface area (Å²) >= 11 is -0.750. The Bertz CT molecular complexity index is 1190. The number of hydrogen-bond acceptors (Lipinski definition) is 10. The summed E-state index contributed by atoms with van der Waals surface area (Å²) in [7, 11) is 0. The summed E-state index contributed by atoms with van der Waals surface area (Å²) in [6.45, 7) is 4.60. The van der Waals surface area contributed by atoms with Gasteiger partial charge in [-0.05, 0) is 44.4 Å². The van der Waals surface area contributed by atoms with Crippen molar-refractivity contribution in [2.24, 2.45) is 0 Å². The van der Waals surface area contributed by atoms with Crippen molar-refractivity contribution < 1.29 is 31.8 Å². The highest BCUT2D eigenvalue weighted by Gasteiger charge is 2.48. The van der Waals surface area contributed by atoms with Gasteiger partial charge in [-0.15, -0.1) is 0 Å². The lowest BCUT2D eigenvalue weighted by molar-refractivity contribution is -0.0955. The Balaban J connectivity index is 0.00000102. The summed E-state index contributed by atoms with van der Waals surface area (Å²) in [5, 5.41) is 10.8. The SMILES string of the molecule is Cc1ccc(Nc2ncnc(OC3CC4COCC(C3)N4C(=O)OC3(C)CC3)c2C=N)c(F)c1.O=S=O. The molecule has 3 fully saturated rings. The first-order valence-corrected chi connectivity index (χ1v) is 12.5. The predicted molar refractivity (Wildman–Crippen MR) is 131 cm³/mol. The number of aryl methyl sites for hydroxylation is 1. The van der Waals surface area contributed by atoms with Gasteiger partial charge >= 0.3 is 17.7 Å². The van der Waals surface area contributed by atoms with Gasteiger partial charge in [-0.25, -0.2) is 19.2 Å². The van der Waals surface area contributed by atoms with E-state index in [9.17, 15) is 9.18 Å². The van der Waals surface area contributed by atoms with Crippen LogP contribution >= 0.6 is 0 Å². The topological polar surface area (TPSA) is 144 Å². The molecule has 3 heterocycles. The molecule has 2 aliphatic heterocycles. The van der Waals surface area contributed by atoms with E-state index in [4.69, 9.17) is 28.0 Å². The number of benzene rings is 1. The quantitative estimate of drug-likeness (QED) is 0.535. The Labute approximate surface area is 216 Å². The van der Waals surface area contributed by atoms with Crippen LogP contribution in [0.15, 0.2) is 24.5 Å². The number of amides is 1. The van der Waals surface area contributed by atoms with Gasteiger partial charge in [0.2, 0.25) is 5.88 Å². The van der Waals surface area contributed by atoms with Crippen molar-refractivity contribution in [3.05, 3.63) is 41.5 Å². The minimum absolute atomic E-state index is 0.156. The van der Waals surface area contributed by atoms with E-state index in [-0.39, 0.29) is 47.3 Å². The van der Waals surface area contributed by atoms with Gasteiger partial charge in [0.15, 0.2) is 0 Å². The van der Waals surface area contributed by atoms with Gasteiger partial charge in [0.25, 0.3) is 0 Å². The number of piperidine rings is 1. The van der Waals surface area contributed by atoms with Crippen LogP contribution in [0.2, 0.25) is 0 Å². The van der Waals surface area contributed by atoms with E-state index in [0.717, 1.165) is 24.6 Å². The Morgan fingerprint density at radius 3 is 2.54 bits per heavy atom. The maximum Gasteiger partial charge on any atom is 0.410 e. The van der Waals surface area contributed by atoms with Crippen molar-refractivity contribution in [1.29, 1.82) is 5.41 Å². The number of anilines is 2. The standard InChI is InChI=1S/C24H28FN5O4.O2S/c1-14-3-4-20(19(25)7-14)29-21-18(10-26)22(28-13-27-21)33-17-8-15-11-32-12-16(9-17)30(15)23(31)34-24(2)5-6-24;1-3-2/h3-4,7,10,13,15-17,26H,5-6,8-9,11-12H2,1-2H3,(H,27,28,29);. The summed E-state index contributed by atoms with van der Waals surface area (Å²) in [5.41, 5.74) is 1.05. The Morgan fingerprint density at radius 2 is 1.95 bits per heavy atom. The van der Waals surface area contributed by atoms with Gasteiger partial charge in [-0.2, -0.15) is 8.42 Å². The molecule has 1 amide bonds. The number of morpholine rings is 1.